The lowest BCUT2D eigenvalue weighted by atomic mass is 10.2. The molecule has 21 heavy (non-hydrogen) atoms. The van der Waals surface area contributed by atoms with Crippen LogP contribution in [0.5, 0.6) is 0 Å². The van der Waals surface area contributed by atoms with Gasteiger partial charge in [-0.2, -0.15) is 0 Å². The van der Waals surface area contributed by atoms with Crippen molar-refractivity contribution in [2.75, 3.05) is 4.72 Å². The molecule has 0 spiro atoms. The van der Waals surface area contributed by atoms with Gasteiger partial charge in [-0.05, 0) is 40.5 Å². The molecular weight excluding hydrogens is 404 g/mol. The molecule has 6 nitrogen and oxygen atoms in total. The summed E-state index contributed by atoms with van der Waals surface area (Å²) in [5, 5.41) is 9.33. The zero-order valence-corrected chi connectivity index (χ0v) is 14.4. The molecule has 1 heterocycles. The molecule has 0 bridgehead atoms. The van der Waals surface area contributed by atoms with Gasteiger partial charge < -0.3 is 5.11 Å². The second-order valence-corrected chi connectivity index (χ2v) is 7.97. The molecule has 0 aliphatic carbocycles. The number of carboxylic acid groups (broad SMARTS) is 1. The molecule has 0 saturated heterocycles. The predicted molar refractivity (Wildman–Crippen MR) is 83.8 cm³/mol. The van der Waals surface area contributed by atoms with Crippen molar-refractivity contribution < 1.29 is 18.3 Å². The molecule has 0 saturated carbocycles. The number of aromatic nitrogens is 1. The first kappa shape index (κ1) is 16.2. The van der Waals surface area contributed by atoms with E-state index < -0.39 is 21.7 Å². The van der Waals surface area contributed by atoms with E-state index in [4.69, 9.17) is 16.7 Å². The van der Waals surface area contributed by atoms with Gasteiger partial charge in [0.05, 0.1) is 11.2 Å². The Balaban J connectivity index is 2.45. The van der Waals surface area contributed by atoms with Gasteiger partial charge >= 0.3 is 5.97 Å². The Labute approximate surface area is 138 Å². The van der Waals surface area contributed by atoms with Crippen LogP contribution in [0.15, 0.2) is 26.3 Å². The van der Waals surface area contributed by atoms with Crippen molar-refractivity contribution in [3.05, 3.63) is 38.4 Å². The molecular formula is C11H8BrClN2O4S2. The molecule has 0 aliphatic heterocycles. The van der Waals surface area contributed by atoms with Crippen molar-refractivity contribution in [3.8, 4) is 0 Å². The van der Waals surface area contributed by atoms with Crippen LogP contribution in [0, 0.1) is 6.92 Å². The number of benzene rings is 1. The zero-order chi connectivity index (χ0) is 15.8. The molecule has 0 atom stereocenters. The molecule has 0 aliphatic rings. The van der Waals surface area contributed by atoms with Gasteiger partial charge in [0.25, 0.3) is 10.0 Å². The Bertz CT molecular complexity index is 820. The molecule has 2 rings (SSSR count). The normalized spacial score (nSPS) is 11.4. The van der Waals surface area contributed by atoms with Gasteiger partial charge in [-0.15, -0.1) is 11.3 Å². The van der Waals surface area contributed by atoms with Gasteiger partial charge in [-0.1, -0.05) is 11.6 Å². The van der Waals surface area contributed by atoms with E-state index in [9.17, 15) is 13.2 Å². The highest BCUT2D eigenvalue weighted by Gasteiger charge is 2.26. The number of halogens is 2. The van der Waals surface area contributed by atoms with Crippen LogP contribution in [0.4, 0.5) is 5.69 Å². The molecule has 0 radical (unpaired) electrons. The highest BCUT2D eigenvalue weighted by Crippen LogP contribution is 2.32. The smallest absolute Gasteiger partial charge is 0.356 e. The Hall–Kier alpha value is -1.16. The summed E-state index contributed by atoms with van der Waals surface area (Å²) in [5.74, 6) is -1.40. The van der Waals surface area contributed by atoms with Crippen LogP contribution in [-0.2, 0) is 10.0 Å². The fourth-order valence-electron chi connectivity index (χ4n) is 1.48. The first-order valence-corrected chi connectivity index (χ1v) is 8.91. The van der Waals surface area contributed by atoms with Gasteiger partial charge in [-0.25, -0.2) is 18.2 Å². The maximum atomic E-state index is 12.3. The molecule has 0 amide bonds. The van der Waals surface area contributed by atoms with Gasteiger partial charge in [0.1, 0.15) is 0 Å². The molecule has 112 valence electrons. The van der Waals surface area contributed by atoms with Crippen LogP contribution < -0.4 is 4.72 Å². The molecule has 2 aromatic rings. The van der Waals surface area contributed by atoms with Crippen LogP contribution in [0.1, 0.15) is 16.1 Å². The van der Waals surface area contributed by atoms with Crippen molar-refractivity contribution in [2.24, 2.45) is 0 Å². The van der Waals surface area contributed by atoms with E-state index in [1.54, 1.807) is 13.0 Å². The van der Waals surface area contributed by atoms with Crippen molar-refractivity contribution >= 4 is 60.5 Å². The summed E-state index contributed by atoms with van der Waals surface area (Å²) in [4.78, 5) is 14.5. The number of anilines is 1. The van der Waals surface area contributed by atoms with Crippen LogP contribution in [0.3, 0.4) is 0 Å². The maximum Gasteiger partial charge on any atom is 0.356 e. The van der Waals surface area contributed by atoms with Crippen molar-refractivity contribution in [1.29, 1.82) is 0 Å². The number of nitrogens with one attached hydrogen (secondary N) is 1. The van der Waals surface area contributed by atoms with E-state index in [0.717, 1.165) is 22.4 Å². The third-order valence-corrected chi connectivity index (χ3v) is 6.27. The number of aromatic carboxylic acids is 1. The van der Waals surface area contributed by atoms with E-state index in [-0.39, 0.29) is 9.90 Å². The molecule has 10 heteroatoms. The fraction of sp³-hybridized carbons (Fsp3) is 0.0909. The van der Waals surface area contributed by atoms with Crippen molar-refractivity contribution in [2.45, 2.75) is 11.1 Å². The van der Waals surface area contributed by atoms with Crippen LogP contribution >= 0.6 is 38.9 Å². The van der Waals surface area contributed by atoms with E-state index in [1.165, 1.54) is 6.07 Å². The number of carbonyl (C=O) groups is 1. The second kappa shape index (κ2) is 5.91. The summed E-state index contributed by atoms with van der Waals surface area (Å²) >= 11 is 9.92. The lowest BCUT2D eigenvalue weighted by molar-refractivity contribution is 0.0687. The predicted octanol–water partition coefficient (Wildman–Crippen LogP) is 3.37. The minimum Gasteiger partial charge on any atom is -0.476 e. The van der Waals surface area contributed by atoms with E-state index in [2.05, 4.69) is 25.6 Å². The van der Waals surface area contributed by atoms with E-state index >= 15 is 0 Å². The van der Waals surface area contributed by atoms with Gasteiger partial charge in [-0.3, -0.25) is 4.72 Å². The second-order valence-electron chi connectivity index (χ2n) is 3.98. The Kier molecular flexibility index (Phi) is 4.57. The summed E-state index contributed by atoms with van der Waals surface area (Å²) in [6.45, 7) is 1.77. The van der Waals surface area contributed by atoms with Gasteiger partial charge in [0.15, 0.2) is 9.90 Å². The van der Waals surface area contributed by atoms with Gasteiger partial charge in [0.2, 0.25) is 0 Å². The minimum atomic E-state index is -4.06. The van der Waals surface area contributed by atoms with E-state index in [0.29, 0.717) is 9.50 Å². The summed E-state index contributed by atoms with van der Waals surface area (Å²) < 4.78 is 27.0. The number of aryl methyl sites for hydroxylation is 1. The number of hydrogen-bond donors (Lipinski definition) is 2. The largest absolute Gasteiger partial charge is 0.476 e. The molecule has 2 N–H and O–H groups in total. The third kappa shape index (κ3) is 3.37. The Morgan fingerprint density at radius 1 is 1.48 bits per heavy atom. The van der Waals surface area contributed by atoms with Crippen molar-refractivity contribution in [3.63, 3.8) is 0 Å². The lowest BCUT2D eigenvalue weighted by Gasteiger charge is -2.10. The van der Waals surface area contributed by atoms with Crippen LogP contribution in [0.2, 0.25) is 5.02 Å². The van der Waals surface area contributed by atoms with Crippen molar-refractivity contribution in [1.82, 2.24) is 4.98 Å². The number of nitrogens with zero attached hydrogens (tertiary/aromatic N) is 1. The first-order valence-electron chi connectivity index (χ1n) is 5.37. The Morgan fingerprint density at radius 3 is 2.76 bits per heavy atom. The van der Waals surface area contributed by atoms with Gasteiger partial charge in [0, 0.05) is 9.50 Å². The monoisotopic (exact) mass is 410 g/mol. The zero-order valence-electron chi connectivity index (χ0n) is 10.4. The molecule has 0 fully saturated rings. The van der Waals surface area contributed by atoms with Crippen LogP contribution in [0.25, 0.3) is 0 Å². The maximum absolute atomic E-state index is 12.3. The average molecular weight is 412 g/mol. The number of sulfonamides is 1. The summed E-state index contributed by atoms with van der Waals surface area (Å²) in [6, 6.07) is 3.10. The summed E-state index contributed by atoms with van der Waals surface area (Å²) in [5.41, 5.74) is 1.64. The molecule has 1 aromatic heterocycles. The van der Waals surface area contributed by atoms with E-state index in [1.807, 2.05) is 0 Å². The fourth-order valence-corrected chi connectivity index (χ4v) is 4.55. The minimum absolute atomic E-state index is 0.218. The number of hydrogen-bond acceptors (Lipinski definition) is 5. The number of rotatable bonds is 4. The first-order chi connectivity index (χ1) is 9.72. The topological polar surface area (TPSA) is 96.4 Å². The SMILES string of the molecule is Cc1cc(Br)c(NS(=O)(=O)c2scnc2C(=O)O)cc1Cl. The molecule has 0 unspecified atom stereocenters. The number of thiazole rings is 1. The average Bonchev–Trinajstić information content (AvgIpc) is 2.85. The highest BCUT2D eigenvalue weighted by molar-refractivity contribution is 9.10. The molecule has 1 aromatic carbocycles. The highest BCUT2D eigenvalue weighted by atomic mass is 79.9. The van der Waals surface area contributed by atoms with Crippen LogP contribution in [-0.4, -0.2) is 24.5 Å². The standard InChI is InChI=1S/C11H8BrClN2O4S2/c1-5-2-6(12)8(3-7(5)13)15-21(18,19)11-9(10(16)17)14-4-20-11/h2-4,15H,1H3,(H,16,17). The number of carboxylic acids is 1. The summed E-state index contributed by atoms with van der Waals surface area (Å²) in [7, 11) is -4.06. The lowest BCUT2D eigenvalue weighted by Crippen LogP contribution is -2.15. The summed E-state index contributed by atoms with van der Waals surface area (Å²) in [6.07, 6.45) is 0. The third-order valence-electron chi connectivity index (χ3n) is 2.47. The quantitative estimate of drug-likeness (QED) is 0.804. The Morgan fingerprint density at radius 2 is 2.14 bits per heavy atom.